The van der Waals surface area contributed by atoms with Gasteiger partial charge in [-0.25, -0.2) is 4.98 Å². The Kier molecular flexibility index (Phi) is 5.91. The van der Waals surface area contributed by atoms with Gasteiger partial charge in [0, 0.05) is 32.4 Å². The van der Waals surface area contributed by atoms with Crippen LogP contribution in [0.25, 0.3) is 0 Å². The molecule has 2 fully saturated rings. The van der Waals surface area contributed by atoms with Crippen molar-refractivity contribution in [2.45, 2.75) is 44.1 Å². The number of nitrogens with zero attached hydrogens (tertiary/aromatic N) is 3. The zero-order valence-corrected chi connectivity index (χ0v) is 16.3. The standard InChI is InChI=1S/C23H29N3O2/c27-21-11-15-25(16-12-21)22-9-8-20(17-24-22)23(28)26-13-4-7-19(10-14-26)18-5-2-1-3-6-18/h1-3,5-6,8-9,17,19,21,27H,4,7,10-16H2/t19-/m0/s1. The fourth-order valence-corrected chi connectivity index (χ4v) is 4.34. The van der Waals surface area contributed by atoms with Crippen LogP contribution >= 0.6 is 0 Å². The Bertz CT molecular complexity index is 770. The number of benzene rings is 1. The van der Waals surface area contributed by atoms with E-state index in [0.29, 0.717) is 11.5 Å². The second-order valence-electron chi connectivity index (χ2n) is 7.95. The molecule has 2 aromatic rings. The lowest BCUT2D eigenvalue weighted by Crippen LogP contribution is -2.36. The van der Waals surface area contributed by atoms with Crippen molar-refractivity contribution in [1.29, 1.82) is 0 Å². The molecule has 5 heteroatoms. The van der Waals surface area contributed by atoms with Gasteiger partial charge in [0.1, 0.15) is 5.82 Å². The maximum atomic E-state index is 13.0. The van der Waals surface area contributed by atoms with Crippen LogP contribution in [-0.4, -0.2) is 53.2 Å². The fraction of sp³-hybridized carbons (Fsp3) is 0.478. The van der Waals surface area contributed by atoms with Gasteiger partial charge in [0.2, 0.25) is 0 Å². The Balaban J connectivity index is 1.37. The van der Waals surface area contributed by atoms with Gasteiger partial charge in [-0.3, -0.25) is 4.79 Å². The number of piperidine rings is 1. The monoisotopic (exact) mass is 379 g/mol. The molecule has 0 bridgehead atoms. The van der Waals surface area contributed by atoms with Gasteiger partial charge in [0.25, 0.3) is 5.91 Å². The number of carbonyl (C=O) groups is 1. The first-order chi connectivity index (χ1) is 13.7. The van der Waals surface area contributed by atoms with E-state index in [9.17, 15) is 9.90 Å². The number of rotatable bonds is 3. The number of amides is 1. The quantitative estimate of drug-likeness (QED) is 0.887. The van der Waals surface area contributed by atoms with Gasteiger partial charge in [0.05, 0.1) is 11.7 Å². The zero-order chi connectivity index (χ0) is 19.3. The van der Waals surface area contributed by atoms with Crippen LogP contribution in [0.2, 0.25) is 0 Å². The van der Waals surface area contributed by atoms with Crippen LogP contribution in [0.15, 0.2) is 48.7 Å². The summed E-state index contributed by atoms with van der Waals surface area (Å²) in [5, 5.41) is 9.65. The van der Waals surface area contributed by atoms with E-state index in [2.05, 4.69) is 40.2 Å². The van der Waals surface area contributed by atoms with Gasteiger partial charge in [-0.15, -0.1) is 0 Å². The SMILES string of the molecule is O=C(c1ccc(N2CCC(O)CC2)nc1)N1CCC[C@H](c2ccccc2)CC1. The molecule has 1 atom stereocenters. The van der Waals surface area contributed by atoms with Gasteiger partial charge in [-0.1, -0.05) is 30.3 Å². The second kappa shape index (κ2) is 8.74. The summed E-state index contributed by atoms with van der Waals surface area (Å²) in [5.74, 6) is 1.51. The van der Waals surface area contributed by atoms with Crippen LogP contribution in [0.4, 0.5) is 5.82 Å². The van der Waals surface area contributed by atoms with Crippen molar-refractivity contribution >= 4 is 11.7 Å². The molecule has 4 rings (SSSR count). The molecule has 1 amide bonds. The number of aliphatic hydroxyl groups is 1. The molecule has 0 spiro atoms. The number of carbonyl (C=O) groups excluding carboxylic acids is 1. The maximum Gasteiger partial charge on any atom is 0.255 e. The van der Waals surface area contributed by atoms with E-state index in [-0.39, 0.29) is 12.0 Å². The first-order valence-electron chi connectivity index (χ1n) is 10.4. The van der Waals surface area contributed by atoms with Crippen molar-refractivity contribution in [3.63, 3.8) is 0 Å². The highest BCUT2D eigenvalue weighted by Gasteiger charge is 2.23. The van der Waals surface area contributed by atoms with Crippen molar-refractivity contribution in [1.82, 2.24) is 9.88 Å². The summed E-state index contributed by atoms with van der Waals surface area (Å²) in [7, 11) is 0. The summed E-state index contributed by atoms with van der Waals surface area (Å²) in [6.45, 7) is 3.24. The second-order valence-corrected chi connectivity index (χ2v) is 7.95. The van der Waals surface area contributed by atoms with E-state index in [4.69, 9.17) is 0 Å². The molecule has 28 heavy (non-hydrogen) atoms. The number of pyridine rings is 1. The lowest BCUT2D eigenvalue weighted by molar-refractivity contribution is 0.0760. The number of likely N-dealkylation sites (tertiary alicyclic amines) is 1. The summed E-state index contributed by atoms with van der Waals surface area (Å²) < 4.78 is 0. The summed E-state index contributed by atoms with van der Waals surface area (Å²) in [4.78, 5) is 21.7. The van der Waals surface area contributed by atoms with Crippen LogP contribution in [0.3, 0.4) is 0 Å². The molecule has 5 nitrogen and oxygen atoms in total. The summed E-state index contributed by atoms with van der Waals surface area (Å²) >= 11 is 0. The fourth-order valence-electron chi connectivity index (χ4n) is 4.34. The highest BCUT2D eigenvalue weighted by atomic mass is 16.3. The minimum atomic E-state index is -0.195. The molecular weight excluding hydrogens is 350 g/mol. The molecule has 2 aliphatic heterocycles. The molecule has 148 valence electrons. The van der Waals surface area contributed by atoms with Gasteiger partial charge < -0.3 is 14.9 Å². The number of hydrogen-bond donors (Lipinski definition) is 1. The van der Waals surface area contributed by atoms with Crippen molar-refractivity contribution in [2.75, 3.05) is 31.1 Å². The van der Waals surface area contributed by atoms with Gasteiger partial charge in [-0.2, -0.15) is 0 Å². The molecule has 0 saturated carbocycles. The van der Waals surface area contributed by atoms with E-state index in [1.54, 1.807) is 6.20 Å². The summed E-state index contributed by atoms with van der Waals surface area (Å²) in [6, 6.07) is 14.5. The normalized spacial score (nSPS) is 21.4. The molecule has 0 radical (unpaired) electrons. The summed E-state index contributed by atoms with van der Waals surface area (Å²) in [6.07, 6.45) is 6.25. The Morgan fingerprint density at radius 2 is 1.71 bits per heavy atom. The molecule has 1 N–H and O–H groups in total. The van der Waals surface area contributed by atoms with E-state index < -0.39 is 0 Å². The molecule has 3 heterocycles. The van der Waals surface area contributed by atoms with Crippen LogP contribution < -0.4 is 4.90 Å². The lowest BCUT2D eigenvalue weighted by atomic mass is 9.92. The Morgan fingerprint density at radius 1 is 0.929 bits per heavy atom. The number of aromatic nitrogens is 1. The van der Waals surface area contributed by atoms with Crippen LogP contribution in [0.5, 0.6) is 0 Å². The van der Waals surface area contributed by atoms with Crippen molar-refractivity contribution in [3.05, 3.63) is 59.8 Å². The van der Waals surface area contributed by atoms with Gasteiger partial charge in [0.15, 0.2) is 0 Å². The Labute approximate surface area is 167 Å². The Morgan fingerprint density at radius 3 is 2.43 bits per heavy atom. The number of hydrogen-bond acceptors (Lipinski definition) is 4. The van der Waals surface area contributed by atoms with Crippen molar-refractivity contribution in [3.8, 4) is 0 Å². The number of anilines is 1. The third-order valence-electron chi connectivity index (χ3n) is 6.07. The predicted molar refractivity (Wildman–Crippen MR) is 111 cm³/mol. The topological polar surface area (TPSA) is 56.7 Å². The largest absolute Gasteiger partial charge is 0.393 e. The first kappa shape index (κ1) is 18.9. The third-order valence-corrected chi connectivity index (χ3v) is 6.07. The van der Waals surface area contributed by atoms with Gasteiger partial charge >= 0.3 is 0 Å². The van der Waals surface area contributed by atoms with E-state index in [1.807, 2.05) is 17.0 Å². The van der Waals surface area contributed by atoms with Crippen molar-refractivity contribution < 1.29 is 9.90 Å². The Hall–Kier alpha value is -2.40. The van der Waals surface area contributed by atoms with E-state index in [0.717, 1.165) is 64.1 Å². The molecular formula is C23H29N3O2. The lowest BCUT2D eigenvalue weighted by Gasteiger charge is -2.30. The predicted octanol–water partition coefficient (Wildman–Crippen LogP) is 3.45. The van der Waals surface area contributed by atoms with Crippen molar-refractivity contribution in [2.24, 2.45) is 0 Å². The molecule has 2 saturated heterocycles. The molecule has 1 aromatic heterocycles. The highest BCUT2D eigenvalue weighted by Crippen LogP contribution is 2.28. The van der Waals surface area contributed by atoms with E-state index >= 15 is 0 Å². The third kappa shape index (κ3) is 4.36. The summed E-state index contributed by atoms with van der Waals surface area (Å²) in [5.41, 5.74) is 2.05. The zero-order valence-electron chi connectivity index (χ0n) is 16.3. The molecule has 0 unspecified atom stereocenters. The molecule has 0 aliphatic carbocycles. The average Bonchev–Trinajstić information content (AvgIpc) is 3.01. The smallest absolute Gasteiger partial charge is 0.255 e. The van der Waals surface area contributed by atoms with Crippen LogP contribution in [0.1, 0.15) is 53.9 Å². The van der Waals surface area contributed by atoms with Gasteiger partial charge in [-0.05, 0) is 55.7 Å². The highest BCUT2D eigenvalue weighted by molar-refractivity contribution is 5.94. The minimum Gasteiger partial charge on any atom is -0.393 e. The van der Waals surface area contributed by atoms with Crippen LogP contribution in [-0.2, 0) is 0 Å². The van der Waals surface area contributed by atoms with Crippen LogP contribution in [0, 0.1) is 0 Å². The number of aliphatic hydroxyl groups excluding tert-OH is 1. The maximum absolute atomic E-state index is 13.0. The molecule has 2 aliphatic rings. The van der Waals surface area contributed by atoms with E-state index in [1.165, 1.54) is 5.56 Å². The average molecular weight is 380 g/mol. The first-order valence-corrected chi connectivity index (χ1v) is 10.4. The minimum absolute atomic E-state index is 0.0850. The molecule has 1 aromatic carbocycles.